The van der Waals surface area contributed by atoms with Gasteiger partial charge in [-0.1, -0.05) is 24.3 Å². The summed E-state index contributed by atoms with van der Waals surface area (Å²) < 4.78 is 23.3. The maximum atomic E-state index is 11.1. The maximum Gasteiger partial charge on any atom is 0.320 e. The highest BCUT2D eigenvalue weighted by atomic mass is 32.1. The molecule has 0 saturated heterocycles. The normalized spacial score (nSPS) is 12.4. The summed E-state index contributed by atoms with van der Waals surface area (Å²) >= 11 is 4.42. The number of ether oxygens (including phenoxy) is 2. The molecule has 11 heteroatoms. The van der Waals surface area contributed by atoms with Gasteiger partial charge in [-0.2, -0.15) is 9.97 Å². The van der Waals surface area contributed by atoms with Crippen molar-refractivity contribution in [1.29, 1.82) is 0 Å². The van der Waals surface area contributed by atoms with Crippen molar-refractivity contribution in [2.45, 2.75) is 17.9 Å². The zero-order valence-electron chi connectivity index (χ0n) is 14.6. The highest BCUT2D eigenvalue weighted by molar-refractivity contribution is 7.80. The van der Waals surface area contributed by atoms with Crippen LogP contribution in [0.2, 0.25) is 0 Å². The van der Waals surface area contributed by atoms with Crippen LogP contribution >= 0.6 is 20.7 Å². The first kappa shape index (κ1) is 19.6. The lowest BCUT2D eigenvalue weighted by Crippen LogP contribution is -2.09. The van der Waals surface area contributed by atoms with Crippen LogP contribution in [0.5, 0.6) is 6.01 Å². The van der Waals surface area contributed by atoms with Gasteiger partial charge in [-0.25, -0.2) is 4.98 Å². The number of imidazole rings is 1. The van der Waals surface area contributed by atoms with Crippen LogP contribution in [0.4, 0.5) is 5.82 Å². The zero-order valence-corrected chi connectivity index (χ0v) is 16.5. The van der Waals surface area contributed by atoms with Crippen LogP contribution in [0.15, 0.2) is 29.4 Å². The van der Waals surface area contributed by atoms with E-state index < -0.39 is 8.03 Å². The molecule has 1 aromatic carbocycles. The number of methoxy groups -OCH3 is 1. The van der Waals surface area contributed by atoms with Gasteiger partial charge in [-0.05, 0) is 11.1 Å². The Hall–Kier alpha value is -2.13. The minimum Gasteiger partial charge on any atom is -0.461 e. The Bertz CT molecular complexity index is 981. The predicted octanol–water partition coefficient (Wildman–Crippen LogP) is 1.74. The van der Waals surface area contributed by atoms with Gasteiger partial charge in [0.2, 0.25) is 0 Å². The van der Waals surface area contributed by atoms with Crippen molar-refractivity contribution in [3.05, 3.63) is 35.4 Å². The van der Waals surface area contributed by atoms with Crippen molar-refractivity contribution in [3.63, 3.8) is 0 Å². The third-order valence-electron chi connectivity index (χ3n) is 3.79. The van der Waals surface area contributed by atoms with Crippen molar-refractivity contribution in [2.75, 3.05) is 26.1 Å². The van der Waals surface area contributed by atoms with Gasteiger partial charge in [0.15, 0.2) is 30.2 Å². The number of nitrogens with two attached hydrogens (primary N) is 1. The molecule has 1 unspecified atom stereocenters. The Kier molecular flexibility index (Phi) is 6.33. The number of fused-ring (bicyclic) bond motifs is 1. The van der Waals surface area contributed by atoms with Crippen molar-refractivity contribution in [1.82, 2.24) is 19.5 Å². The van der Waals surface area contributed by atoms with Crippen LogP contribution in [0, 0.1) is 0 Å². The summed E-state index contributed by atoms with van der Waals surface area (Å²) in [5.41, 5.74) is 8.64. The van der Waals surface area contributed by atoms with Gasteiger partial charge in [0.05, 0.1) is 13.2 Å². The fourth-order valence-corrected chi connectivity index (χ4v) is 3.45. The monoisotopic (exact) mass is 409 g/mol. The number of benzene rings is 1. The Morgan fingerprint density at radius 2 is 2.04 bits per heavy atom. The number of thiol groups is 1. The number of hydrogen-bond acceptors (Lipinski definition) is 8. The predicted molar refractivity (Wildman–Crippen MR) is 105 cm³/mol. The molecule has 0 amide bonds. The van der Waals surface area contributed by atoms with E-state index in [2.05, 4.69) is 27.6 Å². The van der Waals surface area contributed by atoms with E-state index in [4.69, 9.17) is 20.1 Å². The Balaban J connectivity index is 1.94. The van der Waals surface area contributed by atoms with E-state index in [9.17, 15) is 4.57 Å². The van der Waals surface area contributed by atoms with Crippen LogP contribution in [0.3, 0.4) is 0 Å². The van der Waals surface area contributed by atoms with Gasteiger partial charge in [0, 0.05) is 13.3 Å². The van der Waals surface area contributed by atoms with Crippen LogP contribution in [0.25, 0.3) is 11.2 Å². The summed E-state index contributed by atoms with van der Waals surface area (Å²) in [7, 11) is -1.00. The van der Waals surface area contributed by atoms with Gasteiger partial charge >= 0.3 is 6.01 Å². The summed E-state index contributed by atoms with van der Waals surface area (Å²) in [6, 6.07) is 7.59. The van der Waals surface area contributed by atoms with Crippen molar-refractivity contribution in [2.24, 2.45) is 0 Å². The minimum atomic E-state index is -2.58. The third kappa shape index (κ3) is 4.78. The SMILES string of the molecule is COCCOc1nc(N)c2nc(S)n(Cc3cccc(C[PH](=O)O)c3)c2n1. The number of rotatable bonds is 8. The molecule has 2 aromatic heterocycles. The largest absolute Gasteiger partial charge is 0.461 e. The zero-order chi connectivity index (χ0) is 19.4. The van der Waals surface area contributed by atoms with Gasteiger partial charge in [-0.3, -0.25) is 9.13 Å². The van der Waals surface area contributed by atoms with E-state index in [0.717, 1.165) is 11.1 Å². The minimum absolute atomic E-state index is 0.138. The molecular formula is C16H20N5O4PS. The molecule has 27 heavy (non-hydrogen) atoms. The molecule has 3 rings (SSSR count). The van der Waals surface area contributed by atoms with Crippen LogP contribution in [-0.2, 0) is 22.0 Å². The number of anilines is 1. The van der Waals surface area contributed by atoms with Crippen molar-refractivity contribution >= 4 is 37.6 Å². The van der Waals surface area contributed by atoms with E-state index in [-0.39, 0.29) is 18.0 Å². The van der Waals surface area contributed by atoms with E-state index in [0.29, 0.717) is 36.1 Å². The second-order valence-corrected chi connectivity index (χ2v) is 7.33. The Morgan fingerprint density at radius 3 is 2.78 bits per heavy atom. The fraction of sp³-hybridized carbons (Fsp3) is 0.312. The molecule has 144 valence electrons. The van der Waals surface area contributed by atoms with Crippen molar-refractivity contribution in [3.8, 4) is 6.01 Å². The molecule has 0 aliphatic carbocycles. The molecule has 0 aliphatic heterocycles. The lowest BCUT2D eigenvalue weighted by molar-refractivity contribution is 0.141. The fourth-order valence-electron chi connectivity index (χ4n) is 2.61. The molecule has 0 bridgehead atoms. The summed E-state index contributed by atoms with van der Waals surface area (Å²) in [5, 5.41) is 0.432. The molecule has 0 saturated carbocycles. The Morgan fingerprint density at radius 1 is 1.26 bits per heavy atom. The quantitative estimate of drug-likeness (QED) is 0.292. The van der Waals surface area contributed by atoms with Crippen LogP contribution < -0.4 is 10.5 Å². The van der Waals surface area contributed by atoms with Gasteiger partial charge in [0.1, 0.15) is 6.61 Å². The number of nitrogens with zero attached hydrogens (tertiary/aromatic N) is 4. The average Bonchev–Trinajstić information content (AvgIpc) is 2.92. The van der Waals surface area contributed by atoms with Gasteiger partial charge < -0.3 is 20.1 Å². The first-order chi connectivity index (χ1) is 13.0. The topological polar surface area (TPSA) is 125 Å². The highest BCUT2D eigenvalue weighted by Crippen LogP contribution is 2.26. The Labute approximate surface area is 161 Å². The van der Waals surface area contributed by atoms with E-state index >= 15 is 0 Å². The van der Waals surface area contributed by atoms with Crippen LogP contribution in [0.1, 0.15) is 11.1 Å². The van der Waals surface area contributed by atoms with E-state index in [1.165, 1.54) is 0 Å². The molecular weight excluding hydrogens is 389 g/mol. The second kappa shape index (κ2) is 8.71. The number of aromatic nitrogens is 4. The highest BCUT2D eigenvalue weighted by Gasteiger charge is 2.16. The molecule has 0 spiro atoms. The average molecular weight is 409 g/mol. The smallest absolute Gasteiger partial charge is 0.320 e. The summed E-state index contributed by atoms with van der Waals surface area (Å²) in [4.78, 5) is 22.0. The molecule has 0 radical (unpaired) electrons. The number of nitrogen functional groups attached to an aromatic ring is 1. The van der Waals surface area contributed by atoms with E-state index in [1.54, 1.807) is 11.7 Å². The number of hydrogen-bond donors (Lipinski definition) is 3. The van der Waals surface area contributed by atoms with Crippen LogP contribution in [-0.4, -0.2) is 44.7 Å². The lowest BCUT2D eigenvalue weighted by Gasteiger charge is -2.09. The summed E-state index contributed by atoms with van der Waals surface area (Å²) in [5.74, 6) is 0.203. The second-order valence-electron chi connectivity index (χ2n) is 5.79. The van der Waals surface area contributed by atoms with E-state index in [1.807, 2.05) is 24.3 Å². The molecule has 3 N–H and O–H groups in total. The molecule has 2 heterocycles. The maximum absolute atomic E-state index is 11.1. The van der Waals surface area contributed by atoms with Gasteiger partial charge in [0.25, 0.3) is 0 Å². The third-order valence-corrected chi connectivity index (χ3v) is 4.84. The summed E-state index contributed by atoms with van der Waals surface area (Å²) in [6.45, 7) is 1.12. The standard InChI is InChI=1S/C16H20N5O4PS/c1-24-5-6-25-15-19-13(17)12-14(20-15)21(16(27)18-12)8-10-3-2-4-11(7-10)9-26(22)23/h2-4,7,26H,5-6,8-9H2,1H3,(H,18,27)(H,22,23)(H2,17,19,20). The molecule has 3 aromatic rings. The first-order valence-electron chi connectivity index (χ1n) is 8.12. The summed E-state index contributed by atoms with van der Waals surface area (Å²) in [6.07, 6.45) is 0.142. The lowest BCUT2D eigenvalue weighted by atomic mass is 10.1. The van der Waals surface area contributed by atoms with Crippen molar-refractivity contribution < 1.29 is 18.9 Å². The molecule has 1 atom stereocenters. The molecule has 0 aliphatic rings. The molecule has 9 nitrogen and oxygen atoms in total. The molecule has 0 fully saturated rings. The van der Waals surface area contributed by atoms with Gasteiger partial charge in [-0.15, -0.1) is 12.6 Å². The first-order valence-corrected chi connectivity index (χ1v) is 10.1.